The van der Waals surface area contributed by atoms with Crippen LogP contribution in [-0.4, -0.2) is 17.1 Å². The Bertz CT molecular complexity index is 182. The van der Waals surface area contributed by atoms with E-state index in [1.807, 2.05) is 0 Å². The molecular weight excluding hydrogens is 187 g/mol. The van der Waals surface area contributed by atoms with Crippen molar-refractivity contribution in [3.63, 3.8) is 0 Å². The van der Waals surface area contributed by atoms with Gasteiger partial charge in [-0.1, -0.05) is 0 Å². The maximum absolute atomic E-state index is 12.3. The van der Waals surface area contributed by atoms with Crippen LogP contribution in [0.4, 0.5) is 4.11 Å². The summed E-state index contributed by atoms with van der Waals surface area (Å²) in [6, 6.07) is 0. The Morgan fingerprint density at radius 1 is 1.56 bits per heavy atom. The Morgan fingerprint density at radius 3 is 1.89 bits per heavy atom. The predicted octanol–water partition coefficient (Wildman–Crippen LogP) is 1.16. The van der Waals surface area contributed by atoms with Gasteiger partial charge in [0.15, 0.2) is 0 Å². The molecule has 0 fully saturated rings. The monoisotopic (exact) mass is 192 g/mol. The molecule has 7 heteroatoms. The van der Waals surface area contributed by atoms with Gasteiger partial charge < -0.3 is 0 Å². The van der Waals surface area contributed by atoms with Crippen LogP contribution in [0.3, 0.4) is 0 Å². The van der Waals surface area contributed by atoms with E-state index in [4.69, 9.17) is 0 Å². The lowest BCUT2D eigenvalue weighted by Gasteiger charge is -2.06. The molecule has 0 amide bonds. The van der Waals surface area contributed by atoms with E-state index < -0.39 is 18.0 Å². The summed E-state index contributed by atoms with van der Waals surface area (Å²) >= 11 is 0. The van der Waals surface area contributed by atoms with Gasteiger partial charge in [0.05, 0.1) is 0 Å². The highest BCUT2D eigenvalue weighted by molar-refractivity contribution is 8.10. The van der Waals surface area contributed by atoms with Crippen molar-refractivity contribution >= 4 is 28.7 Å². The molecule has 0 aromatic rings. The van der Waals surface area contributed by atoms with Gasteiger partial charge in [0.25, 0.3) is 0 Å². The van der Waals surface area contributed by atoms with Crippen LogP contribution in [0.5, 0.6) is 0 Å². The minimum atomic E-state index is -4.12. The van der Waals surface area contributed by atoms with Crippen molar-refractivity contribution in [2.45, 2.75) is 13.1 Å². The van der Waals surface area contributed by atoms with E-state index in [0.29, 0.717) is 0 Å². The maximum atomic E-state index is 12.3. The number of rotatable bonds is 2. The third-order valence-electron chi connectivity index (χ3n) is 0.298. The van der Waals surface area contributed by atoms with Crippen LogP contribution in [0, 0.1) is 0 Å². The molecular formula is C2H6ClFO3SSi. The molecule has 0 atom stereocenters. The predicted molar refractivity (Wildman–Crippen MR) is 34.4 cm³/mol. The molecule has 0 saturated carbocycles. The lowest BCUT2D eigenvalue weighted by molar-refractivity contribution is 0.460. The van der Waals surface area contributed by atoms with Gasteiger partial charge >= 0.3 is 18.0 Å². The van der Waals surface area contributed by atoms with Gasteiger partial charge in [-0.05, 0) is 13.1 Å². The van der Waals surface area contributed by atoms with Crippen LogP contribution >= 0.6 is 10.7 Å². The zero-order valence-electron chi connectivity index (χ0n) is 4.89. The number of hydrogen-bond acceptors (Lipinski definition) is 3. The van der Waals surface area contributed by atoms with E-state index in [9.17, 15) is 12.5 Å². The molecule has 0 rings (SSSR count). The summed E-state index contributed by atoms with van der Waals surface area (Å²) in [7, 11) is -3.07. The maximum Gasteiger partial charge on any atom is 0.396 e. The van der Waals surface area contributed by atoms with Gasteiger partial charge in [-0.2, -0.15) is 8.42 Å². The van der Waals surface area contributed by atoms with Gasteiger partial charge in [0.1, 0.15) is 0 Å². The highest BCUT2D eigenvalue weighted by atomic mass is 35.7. The fourth-order valence-electron chi connectivity index (χ4n) is 0.237. The molecule has 0 aliphatic rings. The zero-order chi connectivity index (χ0) is 7.71. The summed E-state index contributed by atoms with van der Waals surface area (Å²) in [5, 5.41) is 0. The van der Waals surface area contributed by atoms with E-state index in [2.05, 4.69) is 14.6 Å². The summed E-state index contributed by atoms with van der Waals surface area (Å²) in [5.74, 6) is 0. The highest BCUT2D eigenvalue weighted by Crippen LogP contribution is 2.12. The molecule has 0 saturated heterocycles. The van der Waals surface area contributed by atoms with Gasteiger partial charge in [-0.25, -0.2) is 0 Å². The average Bonchev–Trinajstić information content (AvgIpc) is 1.14. The van der Waals surface area contributed by atoms with E-state index in [1.54, 1.807) is 0 Å². The topological polar surface area (TPSA) is 43.4 Å². The molecule has 9 heavy (non-hydrogen) atoms. The summed E-state index contributed by atoms with van der Waals surface area (Å²) < 4.78 is 36.1. The van der Waals surface area contributed by atoms with Crippen LogP contribution < -0.4 is 0 Å². The first-order valence-electron chi connectivity index (χ1n) is 2.05. The third kappa shape index (κ3) is 8.35. The van der Waals surface area contributed by atoms with Gasteiger partial charge in [-0.3, -0.25) is 7.98 Å². The van der Waals surface area contributed by atoms with Crippen molar-refractivity contribution in [1.29, 1.82) is 0 Å². The zero-order valence-corrected chi connectivity index (χ0v) is 7.46. The molecule has 56 valence electrons. The molecule has 0 radical (unpaired) electrons. The van der Waals surface area contributed by atoms with Crippen LogP contribution in [0.2, 0.25) is 13.1 Å². The van der Waals surface area contributed by atoms with Crippen molar-refractivity contribution < 1.29 is 16.4 Å². The Labute approximate surface area is 58.7 Å². The fourth-order valence-corrected chi connectivity index (χ4v) is 3.48. The minimum absolute atomic E-state index is 1.08. The molecule has 0 unspecified atom stereocenters. The quantitative estimate of drug-likeness (QED) is 0.375. The highest BCUT2D eigenvalue weighted by Gasteiger charge is 2.28. The SMILES string of the molecule is C[Si](C)(F)OS(=O)(=O)Cl. The molecule has 0 spiro atoms. The Balaban J connectivity index is 4.07. The van der Waals surface area contributed by atoms with Crippen molar-refractivity contribution in [1.82, 2.24) is 0 Å². The molecule has 0 aliphatic heterocycles. The summed E-state index contributed by atoms with van der Waals surface area (Å²) in [4.78, 5) is 0. The fraction of sp³-hybridized carbons (Fsp3) is 1.00. The van der Waals surface area contributed by atoms with Crippen molar-refractivity contribution in [3.8, 4) is 0 Å². The molecule has 0 aromatic carbocycles. The molecule has 3 nitrogen and oxygen atoms in total. The van der Waals surface area contributed by atoms with E-state index >= 15 is 0 Å². The Kier molecular flexibility index (Phi) is 2.63. The second-order valence-corrected chi connectivity index (χ2v) is 7.15. The third-order valence-corrected chi connectivity index (χ3v) is 3.25. The van der Waals surface area contributed by atoms with Crippen LogP contribution in [0.1, 0.15) is 0 Å². The summed E-state index contributed by atoms with van der Waals surface area (Å²) in [5.41, 5.74) is 0. The Hall–Kier alpha value is 0.347. The summed E-state index contributed by atoms with van der Waals surface area (Å²) in [6.45, 7) is 2.15. The number of hydrogen-bond donors (Lipinski definition) is 0. The Morgan fingerprint density at radius 2 is 1.89 bits per heavy atom. The smallest absolute Gasteiger partial charge is 0.275 e. The van der Waals surface area contributed by atoms with Gasteiger partial charge in [-0.15, -0.1) is 0 Å². The van der Waals surface area contributed by atoms with Crippen LogP contribution in [-0.2, 0) is 13.2 Å². The largest absolute Gasteiger partial charge is 0.396 e. The van der Waals surface area contributed by atoms with Crippen molar-refractivity contribution in [2.24, 2.45) is 0 Å². The lowest BCUT2D eigenvalue weighted by Crippen LogP contribution is -2.25. The molecule has 0 bridgehead atoms. The van der Waals surface area contributed by atoms with E-state index in [-0.39, 0.29) is 0 Å². The first-order valence-corrected chi connectivity index (χ1v) is 7.07. The average molecular weight is 193 g/mol. The van der Waals surface area contributed by atoms with Crippen molar-refractivity contribution in [3.05, 3.63) is 0 Å². The molecule has 0 aliphatic carbocycles. The number of halogens is 2. The van der Waals surface area contributed by atoms with Crippen molar-refractivity contribution in [2.75, 3.05) is 0 Å². The first kappa shape index (κ1) is 9.35. The van der Waals surface area contributed by atoms with Gasteiger partial charge in [0.2, 0.25) is 0 Å². The van der Waals surface area contributed by atoms with Crippen LogP contribution in [0.15, 0.2) is 0 Å². The van der Waals surface area contributed by atoms with E-state index in [0.717, 1.165) is 13.1 Å². The molecule has 0 aromatic heterocycles. The normalized spacial score (nSPS) is 13.8. The second kappa shape index (κ2) is 2.53. The van der Waals surface area contributed by atoms with E-state index in [1.165, 1.54) is 0 Å². The first-order chi connectivity index (χ1) is 3.71. The standard InChI is InChI=1S/C2H6ClFO3SSi/c1-9(2,4)7-8(3,5)6/h1-2H3. The lowest BCUT2D eigenvalue weighted by atomic mass is 11.9. The summed E-state index contributed by atoms with van der Waals surface area (Å²) in [6.07, 6.45) is 0. The van der Waals surface area contributed by atoms with Gasteiger partial charge in [0, 0.05) is 10.7 Å². The second-order valence-electron chi connectivity index (χ2n) is 1.84. The minimum Gasteiger partial charge on any atom is -0.275 e. The van der Waals surface area contributed by atoms with Crippen LogP contribution in [0.25, 0.3) is 0 Å². The molecule has 0 heterocycles. The molecule has 0 N–H and O–H groups in total.